The van der Waals surface area contributed by atoms with E-state index in [1.54, 1.807) is 0 Å². The summed E-state index contributed by atoms with van der Waals surface area (Å²) in [6.07, 6.45) is -2.14. The Morgan fingerprint density at radius 1 is 1.27 bits per heavy atom. The van der Waals surface area contributed by atoms with Gasteiger partial charge in [0, 0.05) is 49.4 Å². The maximum absolute atomic E-state index is 12.5. The summed E-state index contributed by atoms with van der Waals surface area (Å²) in [5.74, 6) is -2.14. The third kappa shape index (κ3) is 7.24. The number of halogens is 3. The lowest BCUT2D eigenvalue weighted by Gasteiger charge is -2.32. The molecule has 0 aliphatic carbocycles. The minimum absolute atomic E-state index is 0.297. The van der Waals surface area contributed by atoms with E-state index in [-0.39, 0.29) is 0 Å². The lowest BCUT2D eigenvalue weighted by atomic mass is 9.96. The Bertz CT molecular complexity index is 704. The van der Waals surface area contributed by atoms with Gasteiger partial charge in [-0.1, -0.05) is 0 Å². The molecule has 2 fully saturated rings. The molecule has 0 radical (unpaired) electrons. The summed E-state index contributed by atoms with van der Waals surface area (Å²) in [5.41, 5.74) is 1.37. The van der Waals surface area contributed by atoms with E-state index < -0.39 is 12.1 Å². The number of likely N-dealkylation sites (tertiary alicyclic amines) is 1. The average Bonchev–Trinajstić information content (AvgIpc) is 3.31. The number of carbonyl (C=O) groups is 2. The van der Waals surface area contributed by atoms with Crippen LogP contribution in [0.25, 0.3) is 0 Å². The van der Waals surface area contributed by atoms with Crippen LogP contribution in [-0.4, -0.2) is 71.8 Å². The summed E-state index contributed by atoms with van der Waals surface area (Å²) >= 11 is 1.83. The molecule has 0 spiro atoms. The lowest BCUT2D eigenvalue weighted by Crippen LogP contribution is -2.41. The van der Waals surface area contributed by atoms with E-state index in [0.29, 0.717) is 30.9 Å². The zero-order valence-electron chi connectivity index (χ0n) is 17.3. The number of amides is 1. The van der Waals surface area contributed by atoms with Crippen LogP contribution in [0.15, 0.2) is 11.4 Å². The van der Waals surface area contributed by atoms with E-state index >= 15 is 0 Å². The molecule has 0 aromatic carbocycles. The first-order valence-corrected chi connectivity index (χ1v) is 10.9. The number of carboxylic acid groups (broad SMARTS) is 1. The first kappa shape index (κ1) is 24.6. The highest BCUT2D eigenvalue weighted by Crippen LogP contribution is 2.25. The SMILES string of the molecule is Cc1ccsc1CN1CCOC[C@H](CC(=O)N2CCCC2)[C@H]1C.O=C(O)C(F)(F)F. The molecule has 170 valence electrons. The van der Waals surface area contributed by atoms with Crippen LogP contribution in [0.3, 0.4) is 0 Å². The van der Waals surface area contributed by atoms with Gasteiger partial charge in [-0.2, -0.15) is 13.2 Å². The monoisotopic (exact) mass is 450 g/mol. The smallest absolute Gasteiger partial charge is 0.475 e. The molecule has 2 saturated heterocycles. The van der Waals surface area contributed by atoms with Gasteiger partial charge in [0.15, 0.2) is 0 Å². The normalized spacial score (nSPS) is 22.9. The number of alkyl halides is 3. The largest absolute Gasteiger partial charge is 0.490 e. The predicted octanol–water partition coefficient (Wildman–Crippen LogP) is 3.54. The Kier molecular flexibility index (Phi) is 9.11. The van der Waals surface area contributed by atoms with Crippen molar-refractivity contribution in [3.63, 3.8) is 0 Å². The highest BCUT2D eigenvalue weighted by Gasteiger charge is 2.38. The number of aryl methyl sites for hydroxylation is 1. The standard InChI is InChI=1S/C18H28N2O2S.C2HF3O2/c1-14-5-10-23-17(14)12-20-8-9-22-13-16(15(20)2)11-18(21)19-6-3-4-7-19;3-2(4,5)1(6)7/h5,10,15-16H,3-4,6-9,11-13H2,1-2H3;(H,6,7)/t15-,16+;/m1./s1. The Morgan fingerprint density at radius 3 is 2.43 bits per heavy atom. The topological polar surface area (TPSA) is 70.1 Å². The molecule has 1 aromatic heterocycles. The second-order valence-corrected chi connectivity index (χ2v) is 8.67. The zero-order valence-corrected chi connectivity index (χ0v) is 18.1. The van der Waals surface area contributed by atoms with Crippen molar-refractivity contribution in [3.8, 4) is 0 Å². The van der Waals surface area contributed by atoms with Crippen LogP contribution >= 0.6 is 11.3 Å². The average molecular weight is 451 g/mol. The molecule has 2 aliphatic rings. The summed E-state index contributed by atoms with van der Waals surface area (Å²) in [4.78, 5) is 27.4. The van der Waals surface area contributed by atoms with Crippen molar-refractivity contribution in [3.05, 3.63) is 21.9 Å². The van der Waals surface area contributed by atoms with Crippen LogP contribution in [-0.2, 0) is 20.9 Å². The van der Waals surface area contributed by atoms with Crippen molar-refractivity contribution in [2.45, 2.75) is 51.9 Å². The van der Waals surface area contributed by atoms with Gasteiger partial charge >= 0.3 is 12.1 Å². The third-order valence-electron chi connectivity index (χ3n) is 5.57. The van der Waals surface area contributed by atoms with E-state index in [1.807, 2.05) is 16.2 Å². The second kappa shape index (κ2) is 11.1. The van der Waals surface area contributed by atoms with Gasteiger partial charge in [-0.15, -0.1) is 11.3 Å². The van der Waals surface area contributed by atoms with Crippen LogP contribution in [0.5, 0.6) is 0 Å². The highest BCUT2D eigenvalue weighted by molar-refractivity contribution is 7.10. The number of carbonyl (C=O) groups excluding carboxylic acids is 1. The van der Waals surface area contributed by atoms with Gasteiger partial charge in [0.1, 0.15) is 0 Å². The zero-order chi connectivity index (χ0) is 22.3. The van der Waals surface area contributed by atoms with Gasteiger partial charge < -0.3 is 14.7 Å². The highest BCUT2D eigenvalue weighted by atomic mass is 32.1. The van der Waals surface area contributed by atoms with Crippen molar-refractivity contribution >= 4 is 23.2 Å². The molecule has 6 nitrogen and oxygen atoms in total. The van der Waals surface area contributed by atoms with E-state index in [2.05, 4.69) is 30.2 Å². The molecule has 1 N–H and O–H groups in total. The minimum Gasteiger partial charge on any atom is -0.475 e. The van der Waals surface area contributed by atoms with Crippen LogP contribution < -0.4 is 0 Å². The third-order valence-corrected chi connectivity index (χ3v) is 6.57. The first-order valence-electron chi connectivity index (χ1n) is 10.0. The number of hydrogen-bond donors (Lipinski definition) is 1. The minimum atomic E-state index is -5.08. The fourth-order valence-electron chi connectivity index (χ4n) is 3.58. The summed E-state index contributed by atoms with van der Waals surface area (Å²) in [6.45, 7) is 9.73. The van der Waals surface area contributed by atoms with Crippen LogP contribution in [0.2, 0.25) is 0 Å². The maximum atomic E-state index is 12.5. The Morgan fingerprint density at radius 2 is 1.90 bits per heavy atom. The van der Waals surface area contributed by atoms with Gasteiger partial charge in [0.05, 0.1) is 13.2 Å². The van der Waals surface area contributed by atoms with Crippen LogP contribution in [0.1, 0.15) is 36.6 Å². The van der Waals surface area contributed by atoms with Gasteiger partial charge in [-0.3, -0.25) is 9.69 Å². The van der Waals surface area contributed by atoms with Gasteiger partial charge in [-0.25, -0.2) is 4.79 Å². The Balaban J connectivity index is 0.000000396. The number of rotatable bonds is 4. The number of carboxylic acids is 1. The van der Waals surface area contributed by atoms with E-state index in [0.717, 1.165) is 45.6 Å². The van der Waals surface area contributed by atoms with Crippen molar-refractivity contribution in [2.75, 3.05) is 32.8 Å². The summed E-state index contributed by atoms with van der Waals surface area (Å²) in [7, 11) is 0. The molecule has 0 saturated carbocycles. The summed E-state index contributed by atoms with van der Waals surface area (Å²) in [5, 5.41) is 9.29. The van der Waals surface area contributed by atoms with E-state index in [9.17, 15) is 18.0 Å². The molecule has 2 aliphatic heterocycles. The van der Waals surface area contributed by atoms with Gasteiger partial charge in [-0.05, 0) is 43.7 Å². The van der Waals surface area contributed by atoms with E-state index in [1.165, 1.54) is 10.4 Å². The van der Waals surface area contributed by atoms with Crippen molar-refractivity contribution in [1.29, 1.82) is 0 Å². The number of thiophene rings is 1. The molecule has 3 rings (SSSR count). The quantitative estimate of drug-likeness (QED) is 0.760. The van der Waals surface area contributed by atoms with Crippen molar-refractivity contribution in [2.24, 2.45) is 5.92 Å². The first-order chi connectivity index (χ1) is 14.1. The molecule has 30 heavy (non-hydrogen) atoms. The predicted molar refractivity (Wildman–Crippen MR) is 107 cm³/mol. The molecule has 0 bridgehead atoms. The number of nitrogens with zero attached hydrogens (tertiary/aromatic N) is 2. The maximum Gasteiger partial charge on any atom is 0.490 e. The summed E-state index contributed by atoms with van der Waals surface area (Å²) in [6, 6.07) is 2.57. The Hall–Kier alpha value is -1.65. The van der Waals surface area contributed by atoms with Crippen LogP contribution in [0, 0.1) is 12.8 Å². The molecular formula is C20H29F3N2O4S. The Labute approximate surface area is 178 Å². The van der Waals surface area contributed by atoms with Crippen molar-refractivity contribution in [1.82, 2.24) is 9.80 Å². The van der Waals surface area contributed by atoms with E-state index in [4.69, 9.17) is 14.6 Å². The van der Waals surface area contributed by atoms with Gasteiger partial charge in [0.25, 0.3) is 0 Å². The molecule has 1 amide bonds. The van der Waals surface area contributed by atoms with Crippen molar-refractivity contribution < 1.29 is 32.6 Å². The summed E-state index contributed by atoms with van der Waals surface area (Å²) < 4.78 is 37.5. The fraction of sp³-hybridized carbons (Fsp3) is 0.700. The molecule has 10 heteroatoms. The molecule has 0 unspecified atom stereocenters. The molecule has 1 aromatic rings. The van der Waals surface area contributed by atoms with Crippen LogP contribution in [0.4, 0.5) is 13.2 Å². The number of aliphatic carboxylic acids is 1. The van der Waals surface area contributed by atoms with Gasteiger partial charge in [0.2, 0.25) is 5.91 Å². The molecular weight excluding hydrogens is 421 g/mol. The number of ether oxygens (including phenoxy) is 1. The second-order valence-electron chi connectivity index (χ2n) is 7.67. The fourth-order valence-corrected chi connectivity index (χ4v) is 4.51. The molecule has 2 atom stereocenters. The number of hydrogen-bond acceptors (Lipinski definition) is 5. The molecule has 3 heterocycles. The lowest BCUT2D eigenvalue weighted by molar-refractivity contribution is -0.192.